The molecular formula is C7H15N3O. The molecule has 1 fully saturated rings. The maximum Gasteiger partial charge on any atom is 0.186 e. The van der Waals surface area contributed by atoms with Crippen molar-refractivity contribution in [2.24, 2.45) is 21.9 Å². The van der Waals surface area contributed by atoms with E-state index in [1.165, 1.54) is 0 Å². The van der Waals surface area contributed by atoms with Crippen LogP contribution in [-0.4, -0.2) is 23.2 Å². The van der Waals surface area contributed by atoms with Crippen molar-refractivity contribution in [2.75, 3.05) is 0 Å². The van der Waals surface area contributed by atoms with Gasteiger partial charge in [-0.25, -0.2) is 4.99 Å². The number of hydrogen-bond acceptors (Lipinski definition) is 2. The van der Waals surface area contributed by atoms with E-state index < -0.39 is 0 Å². The zero-order valence-corrected chi connectivity index (χ0v) is 6.91. The van der Waals surface area contributed by atoms with Crippen LogP contribution in [0.15, 0.2) is 4.99 Å². The Kier molecular flexibility index (Phi) is 1.80. The molecule has 0 spiro atoms. The summed E-state index contributed by atoms with van der Waals surface area (Å²) in [6.07, 6.45) is 0.404. The second kappa shape index (κ2) is 2.37. The van der Waals surface area contributed by atoms with Gasteiger partial charge in [-0.3, -0.25) is 0 Å². The Balaban J connectivity index is 2.60. The molecule has 4 nitrogen and oxygen atoms in total. The zero-order chi connectivity index (χ0) is 8.65. The van der Waals surface area contributed by atoms with Crippen LogP contribution in [0.25, 0.3) is 0 Å². The van der Waals surface area contributed by atoms with Crippen LogP contribution in [0.3, 0.4) is 0 Å². The van der Waals surface area contributed by atoms with Crippen LogP contribution in [0.5, 0.6) is 0 Å². The van der Waals surface area contributed by atoms with E-state index in [0.717, 1.165) is 0 Å². The fourth-order valence-corrected chi connectivity index (χ4v) is 1.28. The molecule has 2 unspecified atom stereocenters. The van der Waals surface area contributed by atoms with Gasteiger partial charge in [0.25, 0.3) is 0 Å². The molecule has 11 heavy (non-hydrogen) atoms. The van der Waals surface area contributed by atoms with Crippen LogP contribution in [0.1, 0.15) is 20.3 Å². The Morgan fingerprint density at radius 2 is 2.09 bits per heavy atom. The Morgan fingerprint density at radius 1 is 1.55 bits per heavy atom. The maximum atomic E-state index is 9.31. The summed E-state index contributed by atoms with van der Waals surface area (Å²) in [6.45, 7) is 3.91. The summed E-state index contributed by atoms with van der Waals surface area (Å²) < 4.78 is 0. The summed E-state index contributed by atoms with van der Waals surface area (Å²) in [5, 5.41) is 9.31. The number of aliphatic hydroxyl groups excluding tert-OH is 1. The van der Waals surface area contributed by atoms with E-state index >= 15 is 0 Å². The summed E-state index contributed by atoms with van der Waals surface area (Å²) in [6, 6.07) is 0.0856. The van der Waals surface area contributed by atoms with Gasteiger partial charge in [0.15, 0.2) is 5.96 Å². The highest BCUT2D eigenvalue weighted by Gasteiger charge is 2.47. The van der Waals surface area contributed by atoms with Gasteiger partial charge in [0, 0.05) is 5.41 Å². The van der Waals surface area contributed by atoms with Gasteiger partial charge in [-0.05, 0) is 6.42 Å². The van der Waals surface area contributed by atoms with Crippen molar-refractivity contribution in [3.05, 3.63) is 0 Å². The van der Waals surface area contributed by atoms with E-state index in [1.807, 2.05) is 13.8 Å². The molecule has 4 heteroatoms. The van der Waals surface area contributed by atoms with E-state index in [1.54, 1.807) is 0 Å². The molecule has 1 aliphatic rings. The van der Waals surface area contributed by atoms with Crippen LogP contribution >= 0.6 is 0 Å². The lowest BCUT2D eigenvalue weighted by atomic mass is 9.65. The first-order valence-corrected chi connectivity index (χ1v) is 3.71. The molecule has 5 N–H and O–H groups in total. The first-order chi connectivity index (χ1) is 4.94. The van der Waals surface area contributed by atoms with Crippen LogP contribution in [-0.2, 0) is 0 Å². The number of aliphatic imine (C=N–C) groups is 1. The molecule has 0 bridgehead atoms. The van der Waals surface area contributed by atoms with E-state index in [4.69, 9.17) is 11.5 Å². The monoisotopic (exact) mass is 157 g/mol. The van der Waals surface area contributed by atoms with Crippen molar-refractivity contribution in [1.29, 1.82) is 0 Å². The van der Waals surface area contributed by atoms with Gasteiger partial charge in [-0.15, -0.1) is 0 Å². The maximum absolute atomic E-state index is 9.31. The van der Waals surface area contributed by atoms with E-state index in [2.05, 4.69) is 4.99 Å². The standard InChI is InChI=1S/C7H15N3O/c1-7(2)4(3-5(7)11)10-6(8)9/h4-5,11H,3H2,1-2H3,(H4,8,9,10). The molecule has 0 saturated heterocycles. The molecule has 0 heterocycles. The minimum atomic E-state index is -0.268. The molecule has 0 aromatic rings. The molecule has 1 saturated carbocycles. The van der Waals surface area contributed by atoms with E-state index in [-0.39, 0.29) is 23.5 Å². The SMILES string of the molecule is CC1(C)C(O)CC1N=C(N)N. The van der Waals surface area contributed by atoms with Gasteiger partial charge in [0.2, 0.25) is 0 Å². The predicted octanol–water partition coefficient (Wildman–Crippen LogP) is -0.581. The topological polar surface area (TPSA) is 84.6 Å². The number of nitrogens with two attached hydrogens (primary N) is 2. The summed E-state index contributed by atoms with van der Waals surface area (Å²) in [4.78, 5) is 4.00. The third-order valence-electron chi connectivity index (χ3n) is 2.47. The van der Waals surface area contributed by atoms with Crippen molar-refractivity contribution < 1.29 is 5.11 Å². The second-order valence-corrected chi connectivity index (χ2v) is 3.64. The normalized spacial score (nSPS) is 34.1. The minimum absolute atomic E-state index is 0.0856. The Bertz CT molecular complexity index is 184. The quantitative estimate of drug-likeness (QED) is 0.351. The largest absolute Gasteiger partial charge is 0.392 e. The fourth-order valence-electron chi connectivity index (χ4n) is 1.28. The number of rotatable bonds is 1. The second-order valence-electron chi connectivity index (χ2n) is 3.64. The molecular weight excluding hydrogens is 142 g/mol. The van der Waals surface area contributed by atoms with Gasteiger partial charge in [-0.2, -0.15) is 0 Å². The summed E-state index contributed by atoms with van der Waals surface area (Å²) in [5.74, 6) is 0.106. The highest BCUT2D eigenvalue weighted by atomic mass is 16.3. The molecule has 1 aliphatic carbocycles. The fraction of sp³-hybridized carbons (Fsp3) is 0.857. The Labute approximate surface area is 66.3 Å². The lowest BCUT2D eigenvalue weighted by molar-refractivity contribution is -0.0576. The number of aliphatic hydroxyl groups is 1. The van der Waals surface area contributed by atoms with Crippen molar-refractivity contribution in [1.82, 2.24) is 0 Å². The van der Waals surface area contributed by atoms with Crippen LogP contribution in [0.2, 0.25) is 0 Å². The minimum Gasteiger partial charge on any atom is -0.392 e. The zero-order valence-electron chi connectivity index (χ0n) is 6.91. The first-order valence-electron chi connectivity index (χ1n) is 3.71. The first kappa shape index (κ1) is 8.33. The van der Waals surface area contributed by atoms with Crippen molar-refractivity contribution >= 4 is 5.96 Å². The van der Waals surface area contributed by atoms with Gasteiger partial charge in [0.05, 0.1) is 12.1 Å². The highest BCUT2D eigenvalue weighted by molar-refractivity contribution is 5.76. The lowest BCUT2D eigenvalue weighted by Gasteiger charge is -2.46. The molecule has 0 radical (unpaired) electrons. The van der Waals surface area contributed by atoms with Crippen LogP contribution in [0.4, 0.5) is 0 Å². The molecule has 0 amide bonds. The highest BCUT2D eigenvalue weighted by Crippen LogP contribution is 2.42. The third kappa shape index (κ3) is 1.30. The summed E-state index contributed by atoms with van der Waals surface area (Å²) >= 11 is 0. The summed E-state index contributed by atoms with van der Waals surface area (Å²) in [5.41, 5.74) is 10.3. The molecule has 64 valence electrons. The Morgan fingerprint density at radius 3 is 2.36 bits per heavy atom. The van der Waals surface area contributed by atoms with Gasteiger partial charge in [0.1, 0.15) is 0 Å². The smallest absolute Gasteiger partial charge is 0.186 e. The lowest BCUT2D eigenvalue weighted by Crippen LogP contribution is -2.53. The molecule has 0 aromatic carbocycles. The van der Waals surface area contributed by atoms with Gasteiger partial charge in [-0.1, -0.05) is 13.8 Å². The average Bonchev–Trinajstić information content (AvgIpc) is 1.87. The predicted molar refractivity (Wildman–Crippen MR) is 44.0 cm³/mol. The molecule has 0 aromatic heterocycles. The van der Waals surface area contributed by atoms with Crippen LogP contribution < -0.4 is 11.5 Å². The van der Waals surface area contributed by atoms with Crippen LogP contribution in [0, 0.1) is 5.41 Å². The number of hydrogen-bond donors (Lipinski definition) is 3. The molecule has 1 rings (SSSR count). The molecule has 0 aliphatic heterocycles. The summed E-state index contributed by atoms with van der Waals surface area (Å²) in [7, 11) is 0. The third-order valence-corrected chi connectivity index (χ3v) is 2.47. The molecule has 2 atom stereocenters. The van der Waals surface area contributed by atoms with E-state index in [0.29, 0.717) is 6.42 Å². The number of nitrogens with zero attached hydrogens (tertiary/aromatic N) is 1. The van der Waals surface area contributed by atoms with Crippen molar-refractivity contribution in [2.45, 2.75) is 32.4 Å². The van der Waals surface area contributed by atoms with Gasteiger partial charge >= 0.3 is 0 Å². The number of guanidine groups is 1. The average molecular weight is 157 g/mol. The van der Waals surface area contributed by atoms with E-state index in [9.17, 15) is 5.11 Å². The van der Waals surface area contributed by atoms with Gasteiger partial charge < -0.3 is 16.6 Å². The Hall–Kier alpha value is -0.770. The van der Waals surface area contributed by atoms with Crippen molar-refractivity contribution in [3.8, 4) is 0 Å². The van der Waals surface area contributed by atoms with Crippen molar-refractivity contribution in [3.63, 3.8) is 0 Å².